The van der Waals surface area contributed by atoms with Crippen molar-refractivity contribution in [3.05, 3.63) is 64.6 Å². The van der Waals surface area contributed by atoms with Crippen LogP contribution in [0.25, 0.3) is 22.2 Å². The van der Waals surface area contributed by atoms with Crippen molar-refractivity contribution in [1.29, 1.82) is 0 Å². The molecule has 1 saturated heterocycles. The van der Waals surface area contributed by atoms with Gasteiger partial charge < -0.3 is 20.9 Å². The fourth-order valence-electron chi connectivity index (χ4n) is 6.67. The summed E-state index contributed by atoms with van der Waals surface area (Å²) in [6.07, 6.45) is 7.75. The van der Waals surface area contributed by atoms with E-state index in [1.54, 1.807) is 64.5 Å². The van der Waals surface area contributed by atoms with Gasteiger partial charge in [0.25, 0.3) is 5.56 Å². The number of hydrogen-bond donors (Lipinski definition) is 4. The monoisotopic (exact) mass is 683 g/mol. The molecule has 1 aromatic carbocycles. The molecule has 5 N–H and O–H groups in total. The van der Waals surface area contributed by atoms with Gasteiger partial charge in [-0.2, -0.15) is 0 Å². The normalized spacial score (nSPS) is 20.8. The summed E-state index contributed by atoms with van der Waals surface area (Å²) in [6, 6.07) is 8.07. The lowest BCUT2D eigenvalue weighted by molar-refractivity contribution is -0.135. The number of pyridine rings is 1. The minimum Gasteiger partial charge on any atom is -0.398 e. The third-order valence-electron chi connectivity index (χ3n) is 9.35. The molecular formula is C35H41N9O6. The molecule has 15 heteroatoms. The van der Waals surface area contributed by atoms with E-state index in [0.29, 0.717) is 45.4 Å². The largest absolute Gasteiger partial charge is 0.398 e. The maximum Gasteiger partial charge on any atom is 0.264 e. The molecule has 0 spiro atoms. The van der Waals surface area contributed by atoms with E-state index in [1.807, 2.05) is 11.0 Å². The Morgan fingerprint density at radius 3 is 2.40 bits per heavy atom. The topological polar surface area (TPSA) is 208 Å². The highest BCUT2D eigenvalue weighted by Crippen LogP contribution is 2.35. The molecule has 15 nitrogen and oxygen atoms in total. The van der Waals surface area contributed by atoms with E-state index in [9.17, 15) is 24.3 Å². The van der Waals surface area contributed by atoms with Crippen LogP contribution in [0.3, 0.4) is 0 Å². The summed E-state index contributed by atoms with van der Waals surface area (Å²) in [5.41, 5.74) is 7.33. The van der Waals surface area contributed by atoms with Gasteiger partial charge in [-0.15, -0.1) is 0 Å². The Bertz CT molecular complexity index is 2000. The average Bonchev–Trinajstić information content (AvgIpc) is 3.09. The van der Waals surface area contributed by atoms with Crippen LogP contribution in [0, 0.1) is 6.92 Å². The molecule has 0 radical (unpaired) electrons. The van der Waals surface area contributed by atoms with Crippen LogP contribution in [0.15, 0.2) is 47.5 Å². The molecule has 1 atom stereocenters. The Morgan fingerprint density at radius 2 is 1.74 bits per heavy atom. The second-order valence-electron chi connectivity index (χ2n) is 13.2. The highest BCUT2D eigenvalue weighted by atomic mass is 16.5. The zero-order valence-electron chi connectivity index (χ0n) is 28.5. The molecule has 1 aliphatic carbocycles. The van der Waals surface area contributed by atoms with Gasteiger partial charge in [0, 0.05) is 37.0 Å². The minimum atomic E-state index is -1.01. The van der Waals surface area contributed by atoms with Gasteiger partial charge in [-0.3, -0.25) is 38.9 Å². The van der Waals surface area contributed by atoms with Gasteiger partial charge in [-0.25, -0.2) is 15.0 Å². The Balaban J connectivity index is 0.000000182. The number of anilines is 3. The van der Waals surface area contributed by atoms with Gasteiger partial charge >= 0.3 is 0 Å². The van der Waals surface area contributed by atoms with Gasteiger partial charge in [0.1, 0.15) is 17.5 Å². The second-order valence-corrected chi connectivity index (χ2v) is 13.2. The predicted molar refractivity (Wildman–Crippen MR) is 186 cm³/mol. The SMILES string of the molecule is COC1CCC(N2C(=O)CNc3ncc(-c4ccc(C(C)(C)O)nc4)nc32)CC1.Cc1nc2cccc(N)c2c(=O)n1C1CCC(=O)NC1=O. The third kappa shape index (κ3) is 6.91. The minimum absolute atomic E-state index is 0.0142. The molecule has 4 aromatic rings. The summed E-state index contributed by atoms with van der Waals surface area (Å²) in [5.74, 6) is 0.838. The number of ether oxygens (including phenoxy) is 1. The first-order chi connectivity index (χ1) is 23.8. The number of benzene rings is 1. The van der Waals surface area contributed by atoms with Crippen LogP contribution in [0.5, 0.6) is 0 Å². The molecule has 2 aliphatic heterocycles. The van der Waals surface area contributed by atoms with Gasteiger partial charge in [-0.1, -0.05) is 6.07 Å². The molecule has 3 amide bonds. The number of carbonyl (C=O) groups is 3. The average molecular weight is 684 g/mol. The van der Waals surface area contributed by atoms with Gasteiger partial charge in [-0.05, 0) is 77.1 Å². The van der Waals surface area contributed by atoms with Crippen LogP contribution in [0.2, 0.25) is 0 Å². The number of nitrogens with two attached hydrogens (primary N) is 1. The van der Waals surface area contributed by atoms with E-state index in [1.165, 1.54) is 4.57 Å². The van der Waals surface area contributed by atoms with Crippen molar-refractivity contribution >= 4 is 45.9 Å². The molecule has 5 heterocycles. The highest BCUT2D eigenvalue weighted by Gasteiger charge is 2.35. The van der Waals surface area contributed by atoms with E-state index < -0.39 is 17.6 Å². The van der Waals surface area contributed by atoms with Crippen LogP contribution < -0.4 is 26.8 Å². The van der Waals surface area contributed by atoms with E-state index in [4.69, 9.17) is 15.5 Å². The van der Waals surface area contributed by atoms with E-state index >= 15 is 0 Å². The Morgan fingerprint density at radius 1 is 0.980 bits per heavy atom. The van der Waals surface area contributed by atoms with Crippen LogP contribution in [-0.4, -0.2) is 73.1 Å². The summed E-state index contributed by atoms with van der Waals surface area (Å²) in [6.45, 7) is 5.28. The summed E-state index contributed by atoms with van der Waals surface area (Å²) in [7, 11) is 1.74. The zero-order valence-corrected chi connectivity index (χ0v) is 28.5. The van der Waals surface area contributed by atoms with E-state index in [2.05, 4.69) is 25.6 Å². The smallest absolute Gasteiger partial charge is 0.264 e. The Hall–Kier alpha value is -5.28. The molecule has 2 fully saturated rings. The van der Waals surface area contributed by atoms with Crippen LogP contribution in [0.1, 0.15) is 69.9 Å². The number of methoxy groups -OCH3 is 1. The fourth-order valence-corrected chi connectivity index (χ4v) is 6.67. The molecule has 3 aromatic heterocycles. The lowest BCUT2D eigenvalue weighted by Gasteiger charge is -2.38. The maximum absolute atomic E-state index is 12.7. The number of amides is 3. The molecule has 0 bridgehead atoms. The predicted octanol–water partition coefficient (Wildman–Crippen LogP) is 2.75. The number of carbonyl (C=O) groups excluding carboxylic acids is 3. The first kappa shape index (κ1) is 34.6. The number of aromatic nitrogens is 5. The van der Waals surface area contributed by atoms with Crippen LogP contribution in [0.4, 0.5) is 17.3 Å². The number of aliphatic hydroxyl groups is 1. The summed E-state index contributed by atoms with van der Waals surface area (Å²) in [5, 5.41) is 15.7. The summed E-state index contributed by atoms with van der Waals surface area (Å²) < 4.78 is 6.78. The molecule has 1 saturated carbocycles. The van der Waals surface area contributed by atoms with Crippen molar-refractivity contribution in [3.63, 3.8) is 0 Å². The lowest BCUT2D eigenvalue weighted by atomic mass is 9.91. The standard InChI is InChI=1S/C21H27N5O3.C14H14N4O3/c1-21(2,28)17-9-4-13(10-22-17)16-11-23-19-20(25-16)26(18(27)12-24-19)14-5-7-15(29-3)8-6-14;1-7-16-9-4-2-3-8(15)12(9)14(21)18(7)10-5-6-11(19)17-13(10)20/h4,9-11,14-15,28H,5-8,12H2,1-3H3,(H,23,24);2-4,10H,5-6,15H2,1H3,(H,17,19,20). The fraction of sp³-hybridized carbons (Fsp3) is 0.429. The van der Waals surface area contributed by atoms with Crippen molar-refractivity contribution < 1.29 is 24.2 Å². The number of nitrogen functional groups attached to an aromatic ring is 1. The lowest BCUT2D eigenvalue weighted by Crippen LogP contribution is -2.49. The van der Waals surface area contributed by atoms with E-state index in [-0.39, 0.29) is 48.9 Å². The number of imide groups is 1. The quantitative estimate of drug-likeness (QED) is 0.177. The number of piperidine rings is 1. The number of nitrogens with zero attached hydrogens (tertiary/aromatic N) is 6. The van der Waals surface area contributed by atoms with Gasteiger partial charge in [0.15, 0.2) is 11.6 Å². The van der Waals surface area contributed by atoms with Crippen LogP contribution >= 0.6 is 0 Å². The molecule has 3 aliphatic rings. The Labute approximate surface area is 288 Å². The number of nitrogens with one attached hydrogen (secondary N) is 2. The third-order valence-corrected chi connectivity index (χ3v) is 9.35. The van der Waals surface area contributed by atoms with Crippen molar-refractivity contribution in [2.45, 2.75) is 83.1 Å². The molecular weight excluding hydrogens is 642 g/mol. The van der Waals surface area contributed by atoms with Gasteiger partial charge in [0.05, 0.1) is 41.1 Å². The molecule has 7 rings (SSSR count). The zero-order chi connectivity index (χ0) is 35.7. The van der Waals surface area contributed by atoms with Crippen molar-refractivity contribution in [3.8, 4) is 11.3 Å². The maximum atomic E-state index is 12.7. The highest BCUT2D eigenvalue weighted by molar-refractivity contribution is 6.01. The number of rotatable bonds is 5. The Kier molecular flexibility index (Phi) is 9.62. The number of fused-ring (bicyclic) bond motifs is 2. The summed E-state index contributed by atoms with van der Waals surface area (Å²) >= 11 is 0. The van der Waals surface area contributed by atoms with Crippen molar-refractivity contribution in [1.82, 2.24) is 29.8 Å². The number of hydrogen-bond acceptors (Lipinski definition) is 12. The number of aryl methyl sites for hydroxylation is 1. The van der Waals surface area contributed by atoms with Crippen molar-refractivity contribution in [2.24, 2.45) is 0 Å². The summed E-state index contributed by atoms with van der Waals surface area (Å²) in [4.78, 5) is 68.4. The second kappa shape index (κ2) is 13.9. The van der Waals surface area contributed by atoms with Gasteiger partial charge in [0.2, 0.25) is 17.7 Å². The molecule has 262 valence electrons. The molecule has 1 unspecified atom stereocenters. The molecule has 50 heavy (non-hydrogen) atoms. The van der Waals surface area contributed by atoms with Crippen LogP contribution in [-0.2, 0) is 24.7 Å². The van der Waals surface area contributed by atoms with Crippen molar-refractivity contribution in [2.75, 3.05) is 29.6 Å². The van der Waals surface area contributed by atoms with E-state index in [0.717, 1.165) is 31.2 Å². The first-order valence-electron chi connectivity index (χ1n) is 16.6. The first-order valence-corrected chi connectivity index (χ1v) is 16.6.